The zero-order chi connectivity index (χ0) is 26.1. The molecule has 0 fully saturated rings. The number of carbonyl (C=O) groups excluding carboxylic acids is 2. The van der Waals surface area contributed by atoms with Crippen LogP contribution in [0.5, 0.6) is 5.75 Å². The highest BCUT2D eigenvalue weighted by molar-refractivity contribution is 6.35. The van der Waals surface area contributed by atoms with Gasteiger partial charge in [-0.2, -0.15) is 0 Å². The van der Waals surface area contributed by atoms with E-state index in [2.05, 4.69) is 5.32 Å². The van der Waals surface area contributed by atoms with Gasteiger partial charge in [-0.15, -0.1) is 0 Å². The van der Waals surface area contributed by atoms with Crippen molar-refractivity contribution in [1.29, 1.82) is 0 Å². The predicted octanol–water partition coefficient (Wildman–Crippen LogP) is 6.24. The van der Waals surface area contributed by atoms with Crippen LogP contribution >= 0.6 is 23.2 Å². The smallest absolute Gasteiger partial charge is 0.261 e. The van der Waals surface area contributed by atoms with Crippen LogP contribution in [0.25, 0.3) is 0 Å². The molecule has 0 aromatic heterocycles. The molecule has 0 spiro atoms. The monoisotopic (exact) mass is 526 g/mol. The van der Waals surface area contributed by atoms with Crippen LogP contribution < -0.4 is 10.1 Å². The SMILES string of the molecule is CC[C@H](C)NC(=O)[C@H](Cc1ccccc1)N(Cc1ccccc1C)C(=O)COc1ccc(Cl)cc1Cl. The molecule has 0 bridgehead atoms. The number of aryl methyl sites for hydroxylation is 1. The first-order valence-electron chi connectivity index (χ1n) is 12.0. The van der Waals surface area contributed by atoms with Crippen molar-refractivity contribution >= 4 is 35.0 Å². The van der Waals surface area contributed by atoms with E-state index in [0.717, 1.165) is 23.1 Å². The number of amides is 2. The molecule has 36 heavy (non-hydrogen) atoms. The predicted molar refractivity (Wildman–Crippen MR) is 146 cm³/mol. The zero-order valence-electron chi connectivity index (χ0n) is 20.8. The summed E-state index contributed by atoms with van der Waals surface area (Å²) in [7, 11) is 0. The van der Waals surface area contributed by atoms with Crippen molar-refractivity contribution in [2.45, 2.75) is 52.2 Å². The highest BCUT2D eigenvalue weighted by Gasteiger charge is 2.31. The average Bonchev–Trinajstić information content (AvgIpc) is 2.87. The second kappa shape index (κ2) is 13.3. The maximum absolute atomic E-state index is 13.7. The molecule has 2 atom stereocenters. The zero-order valence-corrected chi connectivity index (χ0v) is 22.4. The van der Waals surface area contributed by atoms with Crippen LogP contribution in [0.3, 0.4) is 0 Å². The molecule has 5 nitrogen and oxygen atoms in total. The standard InChI is InChI=1S/C29H32Cl2N2O3/c1-4-21(3)32-29(35)26(16-22-11-6-5-7-12-22)33(18-23-13-9-8-10-20(23)2)28(34)19-36-27-15-14-24(30)17-25(27)31/h5-15,17,21,26H,4,16,18-19H2,1-3H3,(H,32,35)/t21-,26-/m0/s1. The van der Waals surface area contributed by atoms with E-state index in [1.807, 2.05) is 75.4 Å². The molecule has 190 valence electrons. The number of nitrogens with zero attached hydrogens (tertiary/aromatic N) is 1. The van der Waals surface area contributed by atoms with Gasteiger partial charge < -0.3 is 15.0 Å². The molecule has 0 unspecified atom stereocenters. The van der Waals surface area contributed by atoms with E-state index < -0.39 is 6.04 Å². The van der Waals surface area contributed by atoms with Crippen molar-refractivity contribution in [2.75, 3.05) is 6.61 Å². The number of carbonyl (C=O) groups is 2. The molecule has 0 aliphatic carbocycles. The Balaban J connectivity index is 1.93. The second-order valence-corrected chi connectivity index (χ2v) is 9.68. The van der Waals surface area contributed by atoms with Crippen molar-refractivity contribution in [2.24, 2.45) is 0 Å². The van der Waals surface area contributed by atoms with Gasteiger partial charge in [0.25, 0.3) is 5.91 Å². The summed E-state index contributed by atoms with van der Waals surface area (Å²) in [4.78, 5) is 28.8. The lowest BCUT2D eigenvalue weighted by Crippen LogP contribution is -2.53. The lowest BCUT2D eigenvalue weighted by atomic mass is 10.0. The molecule has 0 saturated heterocycles. The van der Waals surface area contributed by atoms with Crippen LogP contribution in [0, 0.1) is 6.92 Å². The fourth-order valence-corrected chi connectivity index (χ4v) is 4.24. The summed E-state index contributed by atoms with van der Waals surface area (Å²) in [6.07, 6.45) is 1.16. The highest BCUT2D eigenvalue weighted by Crippen LogP contribution is 2.27. The summed E-state index contributed by atoms with van der Waals surface area (Å²) in [6.45, 7) is 5.96. The number of rotatable bonds is 11. The van der Waals surface area contributed by atoms with Crippen molar-refractivity contribution < 1.29 is 14.3 Å². The lowest BCUT2D eigenvalue weighted by molar-refractivity contribution is -0.143. The van der Waals surface area contributed by atoms with Gasteiger partial charge in [-0.05, 0) is 55.2 Å². The molecule has 2 amide bonds. The number of benzene rings is 3. The lowest BCUT2D eigenvalue weighted by Gasteiger charge is -2.32. The number of hydrogen-bond acceptors (Lipinski definition) is 3. The number of halogens is 2. The Labute approximate surface area is 223 Å². The van der Waals surface area contributed by atoms with Gasteiger partial charge in [0.2, 0.25) is 5.91 Å². The summed E-state index contributed by atoms with van der Waals surface area (Å²) < 4.78 is 5.77. The van der Waals surface area contributed by atoms with E-state index in [4.69, 9.17) is 27.9 Å². The normalized spacial score (nSPS) is 12.5. The third-order valence-electron chi connectivity index (χ3n) is 6.12. The Kier molecular flexibility index (Phi) is 10.2. The van der Waals surface area contributed by atoms with Crippen LogP contribution in [-0.2, 0) is 22.6 Å². The van der Waals surface area contributed by atoms with Crippen molar-refractivity contribution in [3.63, 3.8) is 0 Å². The summed E-state index contributed by atoms with van der Waals surface area (Å²) >= 11 is 12.2. The summed E-state index contributed by atoms with van der Waals surface area (Å²) in [5.41, 5.74) is 2.97. The van der Waals surface area contributed by atoms with Gasteiger partial charge in [-0.3, -0.25) is 9.59 Å². The molecule has 7 heteroatoms. The summed E-state index contributed by atoms with van der Waals surface area (Å²) in [5, 5.41) is 3.86. The van der Waals surface area contributed by atoms with Crippen LogP contribution in [0.4, 0.5) is 0 Å². The van der Waals surface area contributed by atoms with Crippen molar-refractivity contribution in [3.8, 4) is 5.75 Å². The van der Waals surface area contributed by atoms with E-state index in [-0.39, 0.29) is 31.0 Å². The fourth-order valence-electron chi connectivity index (χ4n) is 3.78. The topological polar surface area (TPSA) is 58.6 Å². The molecule has 1 N–H and O–H groups in total. The number of nitrogens with one attached hydrogen (secondary N) is 1. The van der Waals surface area contributed by atoms with Crippen molar-refractivity contribution in [3.05, 3.63) is 99.5 Å². The molecule has 0 heterocycles. The first kappa shape index (κ1) is 27.6. The Bertz CT molecular complexity index is 1170. The van der Waals surface area contributed by atoms with E-state index in [0.29, 0.717) is 22.2 Å². The van der Waals surface area contributed by atoms with Gasteiger partial charge in [-0.1, -0.05) is 84.7 Å². The molecule has 0 aliphatic rings. The quantitative estimate of drug-likeness (QED) is 0.322. The highest BCUT2D eigenvalue weighted by atomic mass is 35.5. The molecule has 0 aliphatic heterocycles. The van der Waals surface area contributed by atoms with E-state index >= 15 is 0 Å². The molecular formula is C29H32Cl2N2O3. The van der Waals surface area contributed by atoms with Gasteiger partial charge in [-0.25, -0.2) is 0 Å². The Morgan fingerprint density at radius 1 is 1.00 bits per heavy atom. The Hall–Kier alpha value is -3.02. The van der Waals surface area contributed by atoms with Gasteiger partial charge in [0.05, 0.1) is 5.02 Å². The molecule has 3 aromatic rings. The first-order valence-corrected chi connectivity index (χ1v) is 12.8. The molecule has 3 rings (SSSR count). The molecule has 0 saturated carbocycles. The van der Waals surface area contributed by atoms with E-state index in [9.17, 15) is 9.59 Å². The van der Waals surface area contributed by atoms with Gasteiger partial charge >= 0.3 is 0 Å². The summed E-state index contributed by atoms with van der Waals surface area (Å²) in [5.74, 6) is -0.155. The number of ether oxygens (including phenoxy) is 1. The second-order valence-electron chi connectivity index (χ2n) is 8.83. The maximum Gasteiger partial charge on any atom is 0.261 e. The Morgan fingerprint density at radius 3 is 2.36 bits per heavy atom. The van der Waals surface area contributed by atoms with Crippen LogP contribution in [-0.4, -0.2) is 35.4 Å². The van der Waals surface area contributed by atoms with Crippen LogP contribution in [0.2, 0.25) is 10.0 Å². The van der Waals surface area contributed by atoms with Crippen LogP contribution in [0.15, 0.2) is 72.8 Å². The van der Waals surface area contributed by atoms with Gasteiger partial charge in [0, 0.05) is 24.0 Å². The number of hydrogen-bond donors (Lipinski definition) is 1. The van der Waals surface area contributed by atoms with Gasteiger partial charge in [0.1, 0.15) is 11.8 Å². The van der Waals surface area contributed by atoms with E-state index in [1.165, 1.54) is 0 Å². The fraction of sp³-hybridized carbons (Fsp3) is 0.310. The van der Waals surface area contributed by atoms with Gasteiger partial charge in [0.15, 0.2) is 6.61 Å². The Morgan fingerprint density at radius 2 is 1.69 bits per heavy atom. The molecule has 3 aromatic carbocycles. The van der Waals surface area contributed by atoms with E-state index in [1.54, 1.807) is 23.1 Å². The third kappa shape index (κ3) is 7.74. The minimum absolute atomic E-state index is 0.0182. The molecule has 0 radical (unpaired) electrons. The largest absolute Gasteiger partial charge is 0.482 e. The average molecular weight is 527 g/mol. The van der Waals surface area contributed by atoms with Crippen molar-refractivity contribution in [1.82, 2.24) is 10.2 Å². The minimum Gasteiger partial charge on any atom is -0.482 e. The summed E-state index contributed by atoms with van der Waals surface area (Å²) in [6, 6.07) is 21.7. The third-order valence-corrected chi connectivity index (χ3v) is 6.65. The minimum atomic E-state index is -0.724. The first-order chi connectivity index (χ1) is 17.3. The molecular weight excluding hydrogens is 495 g/mol. The van der Waals surface area contributed by atoms with Crippen LogP contribution in [0.1, 0.15) is 37.0 Å². The maximum atomic E-state index is 13.7.